The number of nitrogen functional groups attached to an aromatic ring is 1. The van der Waals surface area contributed by atoms with Crippen LogP contribution in [-0.4, -0.2) is 12.0 Å². The fourth-order valence-corrected chi connectivity index (χ4v) is 1.68. The van der Waals surface area contributed by atoms with Gasteiger partial charge in [-0.15, -0.1) is 0 Å². The molecule has 0 atom stereocenters. The molecule has 0 fully saturated rings. The maximum Gasteiger partial charge on any atom is 0.273 e. The molecule has 0 bridgehead atoms. The van der Waals surface area contributed by atoms with Gasteiger partial charge in [0, 0.05) is 11.8 Å². The van der Waals surface area contributed by atoms with Gasteiger partial charge in [-0.25, -0.2) is 0 Å². The maximum absolute atomic E-state index is 10.8. The number of ether oxygens (including phenoxy) is 2. The first-order valence-corrected chi connectivity index (χ1v) is 5.89. The molecule has 0 spiro atoms. The minimum absolute atomic E-state index is 0.0275. The molecular weight excluding hydrogens is 260 g/mol. The predicted octanol–water partition coefficient (Wildman–Crippen LogP) is 2.76. The Balaban J connectivity index is 2.14. The minimum Gasteiger partial charge on any atom is -0.496 e. The van der Waals surface area contributed by atoms with Gasteiger partial charge < -0.3 is 15.2 Å². The van der Waals surface area contributed by atoms with Crippen LogP contribution >= 0.6 is 0 Å². The summed E-state index contributed by atoms with van der Waals surface area (Å²) in [5.41, 5.74) is 6.86. The van der Waals surface area contributed by atoms with Crippen molar-refractivity contribution < 1.29 is 14.4 Å². The molecule has 0 heterocycles. The van der Waals surface area contributed by atoms with Crippen LogP contribution in [0.2, 0.25) is 0 Å². The summed E-state index contributed by atoms with van der Waals surface area (Å²) in [7, 11) is 1.46. The second kappa shape index (κ2) is 5.92. The molecule has 0 aliphatic rings. The van der Waals surface area contributed by atoms with E-state index in [9.17, 15) is 10.1 Å². The fourth-order valence-electron chi connectivity index (χ4n) is 1.68. The Labute approximate surface area is 115 Å². The molecule has 2 aromatic carbocycles. The molecule has 0 aliphatic carbocycles. The van der Waals surface area contributed by atoms with E-state index < -0.39 is 4.92 Å². The number of rotatable bonds is 5. The molecule has 6 heteroatoms. The summed E-state index contributed by atoms with van der Waals surface area (Å²) < 4.78 is 10.6. The smallest absolute Gasteiger partial charge is 0.273 e. The summed E-state index contributed by atoms with van der Waals surface area (Å²) in [6.45, 7) is 0.210. The third-order valence-corrected chi connectivity index (χ3v) is 2.68. The van der Waals surface area contributed by atoms with Crippen LogP contribution in [0.15, 0.2) is 42.5 Å². The van der Waals surface area contributed by atoms with Gasteiger partial charge in [0.2, 0.25) is 0 Å². The van der Waals surface area contributed by atoms with Crippen molar-refractivity contribution in [1.29, 1.82) is 0 Å². The van der Waals surface area contributed by atoms with Gasteiger partial charge in [-0.3, -0.25) is 10.1 Å². The number of methoxy groups -OCH3 is 1. The van der Waals surface area contributed by atoms with E-state index in [1.807, 2.05) is 0 Å². The van der Waals surface area contributed by atoms with E-state index >= 15 is 0 Å². The highest BCUT2D eigenvalue weighted by atomic mass is 16.6. The largest absolute Gasteiger partial charge is 0.496 e. The Bertz CT molecular complexity index is 611. The van der Waals surface area contributed by atoms with Crippen LogP contribution in [0.5, 0.6) is 11.5 Å². The zero-order chi connectivity index (χ0) is 14.5. The molecule has 104 valence electrons. The van der Waals surface area contributed by atoms with Gasteiger partial charge in [0.15, 0.2) is 0 Å². The third kappa shape index (κ3) is 3.38. The molecule has 0 aromatic heterocycles. The first kappa shape index (κ1) is 13.7. The number of nitro benzene ring substituents is 1. The number of nitrogens with zero attached hydrogens (tertiary/aromatic N) is 1. The summed E-state index contributed by atoms with van der Waals surface area (Å²) in [5, 5.41) is 10.8. The van der Waals surface area contributed by atoms with Crippen molar-refractivity contribution in [2.24, 2.45) is 0 Å². The zero-order valence-electron chi connectivity index (χ0n) is 10.9. The molecule has 6 nitrogen and oxygen atoms in total. The SMILES string of the molecule is COc1cc(COc2ccc(N)cc2)cc([N+](=O)[O-])c1. The maximum atomic E-state index is 10.8. The lowest BCUT2D eigenvalue weighted by molar-refractivity contribution is -0.385. The predicted molar refractivity (Wildman–Crippen MR) is 74.8 cm³/mol. The Morgan fingerprint density at radius 1 is 1.15 bits per heavy atom. The van der Waals surface area contributed by atoms with E-state index in [2.05, 4.69) is 0 Å². The number of anilines is 1. The van der Waals surface area contributed by atoms with Crippen LogP contribution in [0.3, 0.4) is 0 Å². The average Bonchev–Trinajstić information content (AvgIpc) is 2.46. The van der Waals surface area contributed by atoms with Crippen molar-refractivity contribution in [2.75, 3.05) is 12.8 Å². The highest BCUT2D eigenvalue weighted by Gasteiger charge is 2.10. The van der Waals surface area contributed by atoms with Crippen molar-refractivity contribution in [3.63, 3.8) is 0 Å². The Hall–Kier alpha value is -2.76. The number of hydrogen-bond acceptors (Lipinski definition) is 5. The number of nitro groups is 1. The third-order valence-electron chi connectivity index (χ3n) is 2.68. The second-order valence-electron chi connectivity index (χ2n) is 4.15. The highest BCUT2D eigenvalue weighted by Crippen LogP contribution is 2.24. The molecule has 0 saturated heterocycles. The van der Waals surface area contributed by atoms with Gasteiger partial charge in [0.25, 0.3) is 5.69 Å². The van der Waals surface area contributed by atoms with Gasteiger partial charge >= 0.3 is 0 Å². The lowest BCUT2D eigenvalue weighted by atomic mass is 10.2. The summed E-state index contributed by atoms with van der Waals surface area (Å²) in [4.78, 5) is 10.4. The Kier molecular flexibility index (Phi) is 4.05. The monoisotopic (exact) mass is 274 g/mol. The quantitative estimate of drug-likeness (QED) is 0.514. The van der Waals surface area contributed by atoms with Crippen LogP contribution < -0.4 is 15.2 Å². The molecule has 0 amide bonds. The second-order valence-corrected chi connectivity index (χ2v) is 4.15. The first-order valence-electron chi connectivity index (χ1n) is 5.89. The molecular formula is C14H14N2O4. The standard InChI is InChI=1S/C14H14N2O4/c1-19-14-7-10(6-12(8-14)16(17)18)9-20-13-4-2-11(15)3-5-13/h2-8H,9,15H2,1H3. The molecule has 0 radical (unpaired) electrons. The number of non-ortho nitro benzene ring substituents is 1. The van der Waals surface area contributed by atoms with E-state index in [0.29, 0.717) is 22.7 Å². The molecule has 2 N–H and O–H groups in total. The van der Waals surface area contributed by atoms with E-state index in [0.717, 1.165) is 0 Å². The normalized spacial score (nSPS) is 10.1. The molecule has 2 aromatic rings. The van der Waals surface area contributed by atoms with Gasteiger partial charge in [-0.1, -0.05) is 0 Å². The zero-order valence-corrected chi connectivity index (χ0v) is 10.9. The van der Waals surface area contributed by atoms with Gasteiger partial charge in [-0.05, 0) is 35.9 Å². The fraction of sp³-hybridized carbons (Fsp3) is 0.143. The van der Waals surface area contributed by atoms with E-state index in [-0.39, 0.29) is 12.3 Å². The molecule has 0 unspecified atom stereocenters. The summed E-state index contributed by atoms with van der Waals surface area (Å²) in [5.74, 6) is 1.07. The van der Waals surface area contributed by atoms with Crippen molar-refractivity contribution >= 4 is 11.4 Å². The lowest BCUT2D eigenvalue weighted by Gasteiger charge is -2.08. The van der Waals surface area contributed by atoms with E-state index in [1.165, 1.54) is 19.2 Å². The molecule has 0 saturated carbocycles. The van der Waals surface area contributed by atoms with Crippen LogP contribution in [0.25, 0.3) is 0 Å². The molecule has 0 aliphatic heterocycles. The van der Waals surface area contributed by atoms with Crippen LogP contribution in [0.4, 0.5) is 11.4 Å². The molecule has 20 heavy (non-hydrogen) atoms. The summed E-state index contributed by atoms with van der Waals surface area (Å²) >= 11 is 0. The van der Waals surface area contributed by atoms with Crippen molar-refractivity contribution in [2.45, 2.75) is 6.61 Å². The average molecular weight is 274 g/mol. The van der Waals surface area contributed by atoms with Crippen molar-refractivity contribution in [3.8, 4) is 11.5 Å². The molecule has 2 rings (SSSR count). The Morgan fingerprint density at radius 3 is 2.45 bits per heavy atom. The van der Waals surface area contributed by atoms with Crippen molar-refractivity contribution in [1.82, 2.24) is 0 Å². The first-order chi connectivity index (χ1) is 9.58. The topological polar surface area (TPSA) is 87.6 Å². The van der Waals surface area contributed by atoms with Gasteiger partial charge in [-0.2, -0.15) is 0 Å². The van der Waals surface area contributed by atoms with E-state index in [4.69, 9.17) is 15.2 Å². The van der Waals surface area contributed by atoms with Gasteiger partial charge in [0.05, 0.1) is 18.1 Å². The van der Waals surface area contributed by atoms with Crippen molar-refractivity contribution in [3.05, 3.63) is 58.1 Å². The number of benzene rings is 2. The summed E-state index contributed by atoms with van der Waals surface area (Å²) in [6, 6.07) is 11.5. The number of nitrogens with two attached hydrogens (primary N) is 1. The Morgan fingerprint density at radius 2 is 1.85 bits per heavy atom. The highest BCUT2D eigenvalue weighted by molar-refractivity contribution is 5.43. The van der Waals surface area contributed by atoms with Gasteiger partial charge in [0.1, 0.15) is 18.1 Å². The van der Waals surface area contributed by atoms with Crippen LogP contribution in [-0.2, 0) is 6.61 Å². The van der Waals surface area contributed by atoms with E-state index in [1.54, 1.807) is 30.3 Å². The number of hydrogen-bond donors (Lipinski definition) is 1. The minimum atomic E-state index is -0.463. The lowest BCUT2D eigenvalue weighted by Crippen LogP contribution is -1.98. The summed E-state index contributed by atoms with van der Waals surface area (Å²) in [6.07, 6.45) is 0. The van der Waals surface area contributed by atoms with Crippen LogP contribution in [0.1, 0.15) is 5.56 Å². The van der Waals surface area contributed by atoms with Crippen LogP contribution in [0, 0.1) is 10.1 Å².